The molecule has 0 radical (unpaired) electrons. The minimum Gasteiger partial charge on any atom is -0.496 e. The molecule has 0 bridgehead atoms. The zero-order valence-electron chi connectivity index (χ0n) is 17.4. The Bertz CT molecular complexity index is 788. The first kappa shape index (κ1) is 21.0. The van der Waals surface area contributed by atoms with Crippen molar-refractivity contribution in [3.8, 4) is 11.5 Å². The first-order chi connectivity index (χ1) is 14.2. The fourth-order valence-corrected chi connectivity index (χ4v) is 3.70. The summed E-state index contributed by atoms with van der Waals surface area (Å²) >= 11 is 0. The average Bonchev–Trinajstić information content (AvgIpc) is 2.78. The third-order valence-electron chi connectivity index (χ3n) is 5.36. The number of hydrogen-bond donors (Lipinski definition) is 1. The second-order valence-electron chi connectivity index (χ2n) is 7.16. The Labute approximate surface area is 173 Å². The quantitative estimate of drug-likeness (QED) is 0.705. The van der Waals surface area contributed by atoms with Gasteiger partial charge in [0.2, 0.25) is 5.91 Å². The highest BCUT2D eigenvalue weighted by Gasteiger charge is 2.19. The lowest BCUT2D eigenvalue weighted by atomic mass is 10.1. The van der Waals surface area contributed by atoms with Gasteiger partial charge in [-0.3, -0.25) is 9.69 Å². The zero-order valence-corrected chi connectivity index (χ0v) is 17.4. The maximum absolute atomic E-state index is 12.2. The van der Waals surface area contributed by atoms with E-state index in [1.54, 1.807) is 14.2 Å². The Morgan fingerprint density at radius 2 is 1.59 bits per heavy atom. The van der Waals surface area contributed by atoms with E-state index in [-0.39, 0.29) is 5.91 Å². The van der Waals surface area contributed by atoms with Crippen LogP contribution in [0.3, 0.4) is 0 Å². The smallest absolute Gasteiger partial charge is 0.221 e. The Hall–Kier alpha value is -2.73. The third-order valence-corrected chi connectivity index (χ3v) is 5.36. The first-order valence-electron chi connectivity index (χ1n) is 10.2. The highest BCUT2D eigenvalue weighted by atomic mass is 16.5. The van der Waals surface area contributed by atoms with Crippen LogP contribution in [0, 0.1) is 0 Å². The van der Waals surface area contributed by atoms with Gasteiger partial charge in [0.05, 0.1) is 19.9 Å². The van der Waals surface area contributed by atoms with Crippen molar-refractivity contribution >= 4 is 11.6 Å². The monoisotopic (exact) mass is 397 g/mol. The van der Waals surface area contributed by atoms with E-state index in [0.29, 0.717) is 13.0 Å². The van der Waals surface area contributed by atoms with Crippen molar-refractivity contribution in [1.29, 1.82) is 0 Å². The summed E-state index contributed by atoms with van der Waals surface area (Å²) in [4.78, 5) is 16.9. The van der Waals surface area contributed by atoms with Crippen molar-refractivity contribution in [3.63, 3.8) is 0 Å². The lowest BCUT2D eigenvalue weighted by Crippen LogP contribution is -2.47. The molecule has 1 heterocycles. The van der Waals surface area contributed by atoms with Crippen LogP contribution in [-0.4, -0.2) is 64.3 Å². The van der Waals surface area contributed by atoms with Gasteiger partial charge < -0.3 is 19.7 Å². The van der Waals surface area contributed by atoms with Gasteiger partial charge in [0.25, 0.3) is 0 Å². The molecule has 2 aromatic carbocycles. The van der Waals surface area contributed by atoms with Crippen molar-refractivity contribution in [2.75, 3.05) is 58.4 Å². The zero-order chi connectivity index (χ0) is 20.5. The molecule has 29 heavy (non-hydrogen) atoms. The largest absolute Gasteiger partial charge is 0.496 e. The standard InChI is InChI=1S/C23H31N3O3/c1-28-21-9-5-3-7-19(21)11-13-24-23(27)12-14-25-15-17-26(18-16-25)20-8-4-6-10-22(20)29-2/h3-10H,11-18H2,1-2H3,(H,24,27). The maximum Gasteiger partial charge on any atom is 0.221 e. The Kier molecular flexibility index (Phi) is 7.76. The SMILES string of the molecule is COc1ccccc1CCNC(=O)CCN1CCN(c2ccccc2OC)CC1. The van der Waals surface area contributed by atoms with Crippen molar-refractivity contribution in [2.45, 2.75) is 12.8 Å². The third kappa shape index (κ3) is 5.87. The number of anilines is 1. The van der Waals surface area contributed by atoms with Crippen LogP contribution in [0.4, 0.5) is 5.69 Å². The van der Waals surface area contributed by atoms with Gasteiger partial charge >= 0.3 is 0 Å². The molecule has 0 unspecified atom stereocenters. The second-order valence-corrected chi connectivity index (χ2v) is 7.16. The molecule has 0 saturated carbocycles. The number of para-hydroxylation sites is 3. The Balaban J connectivity index is 1.36. The molecule has 0 spiro atoms. The molecular formula is C23H31N3O3. The number of piperazine rings is 1. The van der Waals surface area contributed by atoms with Crippen LogP contribution in [0.2, 0.25) is 0 Å². The Morgan fingerprint density at radius 3 is 2.31 bits per heavy atom. The number of hydrogen-bond acceptors (Lipinski definition) is 5. The summed E-state index contributed by atoms with van der Waals surface area (Å²) in [5.41, 5.74) is 2.26. The van der Waals surface area contributed by atoms with E-state index in [1.807, 2.05) is 42.5 Å². The van der Waals surface area contributed by atoms with Gasteiger partial charge in [0.15, 0.2) is 0 Å². The topological polar surface area (TPSA) is 54.0 Å². The number of nitrogens with zero attached hydrogens (tertiary/aromatic N) is 2. The molecule has 2 aromatic rings. The number of ether oxygens (including phenoxy) is 2. The molecule has 1 amide bonds. The van der Waals surface area contributed by atoms with Crippen molar-refractivity contribution in [2.24, 2.45) is 0 Å². The van der Waals surface area contributed by atoms with Gasteiger partial charge in [-0.05, 0) is 30.2 Å². The molecule has 1 aliphatic heterocycles. The van der Waals surface area contributed by atoms with Gasteiger partial charge in [0, 0.05) is 45.7 Å². The predicted octanol–water partition coefficient (Wildman–Crippen LogP) is 2.57. The summed E-state index contributed by atoms with van der Waals surface area (Å²) in [6, 6.07) is 16.1. The molecule has 1 N–H and O–H groups in total. The highest BCUT2D eigenvalue weighted by molar-refractivity contribution is 5.76. The lowest BCUT2D eigenvalue weighted by Gasteiger charge is -2.36. The number of rotatable bonds is 9. The van der Waals surface area contributed by atoms with E-state index < -0.39 is 0 Å². The molecule has 0 atom stereocenters. The van der Waals surface area contributed by atoms with E-state index in [1.165, 1.54) is 0 Å². The lowest BCUT2D eigenvalue weighted by molar-refractivity contribution is -0.121. The molecule has 6 nitrogen and oxygen atoms in total. The number of benzene rings is 2. The van der Waals surface area contributed by atoms with Gasteiger partial charge in [-0.25, -0.2) is 0 Å². The fourth-order valence-electron chi connectivity index (χ4n) is 3.70. The van der Waals surface area contributed by atoms with Crippen LogP contribution < -0.4 is 19.7 Å². The van der Waals surface area contributed by atoms with Gasteiger partial charge in [0.1, 0.15) is 11.5 Å². The fraction of sp³-hybridized carbons (Fsp3) is 0.435. The molecule has 156 valence electrons. The number of amides is 1. The van der Waals surface area contributed by atoms with Crippen LogP contribution >= 0.6 is 0 Å². The van der Waals surface area contributed by atoms with Crippen LogP contribution in [0.1, 0.15) is 12.0 Å². The summed E-state index contributed by atoms with van der Waals surface area (Å²) in [6.07, 6.45) is 1.30. The van der Waals surface area contributed by atoms with E-state index in [0.717, 1.165) is 61.9 Å². The van der Waals surface area contributed by atoms with Gasteiger partial charge in [-0.1, -0.05) is 30.3 Å². The van der Waals surface area contributed by atoms with Crippen LogP contribution in [0.25, 0.3) is 0 Å². The van der Waals surface area contributed by atoms with E-state index in [2.05, 4.69) is 21.2 Å². The van der Waals surface area contributed by atoms with E-state index >= 15 is 0 Å². The molecule has 1 saturated heterocycles. The number of carbonyl (C=O) groups is 1. The molecule has 3 rings (SSSR count). The van der Waals surface area contributed by atoms with Crippen molar-refractivity contribution in [3.05, 3.63) is 54.1 Å². The summed E-state index contributed by atoms with van der Waals surface area (Å²) in [5, 5.41) is 3.02. The molecule has 0 aliphatic carbocycles. The summed E-state index contributed by atoms with van der Waals surface area (Å²) in [7, 11) is 3.38. The Morgan fingerprint density at radius 1 is 0.931 bits per heavy atom. The predicted molar refractivity (Wildman–Crippen MR) is 116 cm³/mol. The summed E-state index contributed by atoms with van der Waals surface area (Å²) in [5.74, 6) is 1.89. The molecule has 6 heteroatoms. The maximum atomic E-state index is 12.2. The minimum absolute atomic E-state index is 0.104. The highest BCUT2D eigenvalue weighted by Crippen LogP contribution is 2.28. The normalized spacial score (nSPS) is 14.5. The van der Waals surface area contributed by atoms with Crippen molar-refractivity contribution < 1.29 is 14.3 Å². The van der Waals surface area contributed by atoms with Crippen molar-refractivity contribution in [1.82, 2.24) is 10.2 Å². The number of carbonyl (C=O) groups excluding carboxylic acids is 1. The minimum atomic E-state index is 0.104. The van der Waals surface area contributed by atoms with Gasteiger partial charge in [-0.2, -0.15) is 0 Å². The summed E-state index contributed by atoms with van der Waals surface area (Å²) in [6.45, 7) is 5.20. The number of nitrogens with one attached hydrogen (secondary N) is 1. The van der Waals surface area contributed by atoms with E-state index in [4.69, 9.17) is 9.47 Å². The van der Waals surface area contributed by atoms with Crippen LogP contribution in [0.5, 0.6) is 11.5 Å². The second kappa shape index (κ2) is 10.7. The van der Waals surface area contributed by atoms with Gasteiger partial charge in [-0.15, -0.1) is 0 Å². The van der Waals surface area contributed by atoms with Crippen LogP contribution in [-0.2, 0) is 11.2 Å². The molecule has 1 fully saturated rings. The molecule has 1 aliphatic rings. The van der Waals surface area contributed by atoms with E-state index in [9.17, 15) is 4.79 Å². The number of methoxy groups -OCH3 is 2. The summed E-state index contributed by atoms with van der Waals surface area (Å²) < 4.78 is 10.8. The molecular weight excluding hydrogens is 366 g/mol. The molecule has 0 aromatic heterocycles. The average molecular weight is 398 g/mol. The first-order valence-corrected chi connectivity index (χ1v) is 10.2. The van der Waals surface area contributed by atoms with Crippen LogP contribution in [0.15, 0.2) is 48.5 Å².